The zero-order valence-electron chi connectivity index (χ0n) is 16.4. The number of carbonyl (C=O) groups is 1. The van der Waals surface area contributed by atoms with Gasteiger partial charge in [0, 0.05) is 40.4 Å². The molecule has 7 nitrogen and oxygen atoms in total. The van der Waals surface area contributed by atoms with E-state index < -0.39 is 5.60 Å². The van der Waals surface area contributed by atoms with Crippen LogP contribution >= 0.6 is 0 Å². The van der Waals surface area contributed by atoms with Crippen molar-refractivity contribution in [2.45, 2.75) is 58.1 Å². The molecule has 1 saturated carbocycles. The quantitative estimate of drug-likeness (QED) is 0.563. The third kappa shape index (κ3) is 6.38. The molecule has 0 spiro atoms. The van der Waals surface area contributed by atoms with E-state index in [9.17, 15) is 4.79 Å². The van der Waals surface area contributed by atoms with E-state index in [0.29, 0.717) is 5.41 Å². The van der Waals surface area contributed by atoms with Crippen molar-refractivity contribution in [3.63, 3.8) is 0 Å². The van der Waals surface area contributed by atoms with Gasteiger partial charge in [0.2, 0.25) is 0 Å². The second-order valence-electron chi connectivity index (χ2n) is 8.22. The number of methoxy groups -OCH3 is 1. The van der Waals surface area contributed by atoms with Crippen LogP contribution in [-0.2, 0) is 9.47 Å². The van der Waals surface area contributed by atoms with Crippen LogP contribution in [0.4, 0.5) is 4.79 Å². The highest BCUT2D eigenvalue weighted by Crippen LogP contribution is 2.48. The molecule has 0 unspecified atom stereocenters. The number of aliphatic imine (C=N–C) groups is 1. The standard InChI is InChI=1S/C18H34N4O3/c1-17(2,3)25-16(23)21-14-6-10-22(12-14)15(19-4)20-13-18(7-8-18)9-11-24-5/h14H,6-13H2,1-5H3,(H,19,20)(H,21,23)/t14-/m1/s1. The fourth-order valence-corrected chi connectivity index (χ4v) is 3.15. The third-order valence-corrected chi connectivity index (χ3v) is 4.84. The monoisotopic (exact) mass is 354 g/mol. The van der Waals surface area contributed by atoms with Crippen LogP contribution in [0.15, 0.2) is 4.99 Å². The lowest BCUT2D eigenvalue weighted by atomic mass is 10.0. The second-order valence-corrected chi connectivity index (χ2v) is 8.22. The molecule has 0 bridgehead atoms. The van der Waals surface area contributed by atoms with Crippen LogP contribution in [-0.4, -0.2) is 69.0 Å². The van der Waals surface area contributed by atoms with Gasteiger partial charge in [-0.2, -0.15) is 0 Å². The molecule has 2 fully saturated rings. The molecule has 1 aliphatic carbocycles. The summed E-state index contributed by atoms with van der Waals surface area (Å²) in [5.41, 5.74) is -0.0966. The molecule has 1 heterocycles. The van der Waals surface area contributed by atoms with Gasteiger partial charge in [-0.1, -0.05) is 0 Å². The Morgan fingerprint density at radius 1 is 1.36 bits per heavy atom. The maximum atomic E-state index is 11.9. The molecule has 2 aliphatic rings. The minimum Gasteiger partial charge on any atom is -0.444 e. The van der Waals surface area contributed by atoms with Crippen LogP contribution in [0.5, 0.6) is 0 Å². The molecule has 7 heteroatoms. The number of ether oxygens (including phenoxy) is 2. The predicted octanol–water partition coefficient (Wildman–Crippen LogP) is 1.98. The number of carbonyl (C=O) groups excluding carboxylic acids is 1. The van der Waals surface area contributed by atoms with Gasteiger partial charge in [0.1, 0.15) is 5.60 Å². The fourth-order valence-electron chi connectivity index (χ4n) is 3.15. The summed E-state index contributed by atoms with van der Waals surface area (Å²) in [5, 5.41) is 6.47. The molecule has 25 heavy (non-hydrogen) atoms. The third-order valence-electron chi connectivity index (χ3n) is 4.84. The number of hydrogen-bond acceptors (Lipinski definition) is 4. The van der Waals surface area contributed by atoms with Crippen LogP contribution in [0.3, 0.4) is 0 Å². The van der Waals surface area contributed by atoms with E-state index in [1.54, 1.807) is 7.11 Å². The first kappa shape index (κ1) is 19.8. The maximum Gasteiger partial charge on any atom is 0.407 e. The van der Waals surface area contributed by atoms with E-state index in [0.717, 1.165) is 45.0 Å². The van der Waals surface area contributed by atoms with Crippen LogP contribution < -0.4 is 10.6 Å². The lowest BCUT2D eigenvalue weighted by molar-refractivity contribution is 0.0507. The van der Waals surface area contributed by atoms with E-state index in [2.05, 4.69) is 20.5 Å². The summed E-state index contributed by atoms with van der Waals surface area (Å²) >= 11 is 0. The van der Waals surface area contributed by atoms with Crippen LogP contribution in [0.25, 0.3) is 0 Å². The molecular weight excluding hydrogens is 320 g/mol. The summed E-state index contributed by atoms with van der Waals surface area (Å²) in [6, 6.07) is 0.0942. The maximum absolute atomic E-state index is 11.9. The summed E-state index contributed by atoms with van der Waals surface area (Å²) in [6.07, 6.45) is 4.15. The number of guanidine groups is 1. The van der Waals surface area contributed by atoms with E-state index in [1.165, 1.54) is 12.8 Å². The predicted molar refractivity (Wildman–Crippen MR) is 98.9 cm³/mol. The minimum absolute atomic E-state index is 0.0942. The number of rotatable bonds is 6. The number of nitrogens with zero attached hydrogens (tertiary/aromatic N) is 2. The Hall–Kier alpha value is -1.50. The van der Waals surface area contributed by atoms with Crippen molar-refractivity contribution in [2.75, 3.05) is 40.4 Å². The van der Waals surface area contributed by atoms with Crippen molar-refractivity contribution in [3.8, 4) is 0 Å². The van der Waals surface area contributed by atoms with Gasteiger partial charge in [-0.05, 0) is 51.9 Å². The van der Waals surface area contributed by atoms with Crippen molar-refractivity contribution in [1.82, 2.24) is 15.5 Å². The van der Waals surface area contributed by atoms with Crippen molar-refractivity contribution in [2.24, 2.45) is 10.4 Å². The fraction of sp³-hybridized carbons (Fsp3) is 0.889. The first-order valence-electron chi connectivity index (χ1n) is 9.21. The van der Waals surface area contributed by atoms with Gasteiger partial charge >= 0.3 is 6.09 Å². The van der Waals surface area contributed by atoms with Crippen molar-refractivity contribution < 1.29 is 14.3 Å². The number of likely N-dealkylation sites (tertiary alicyclic amines) is 1. The average Bonchev–Trinajstić information content (AvgIpc) is 3.15. The van der Waals surface area contributed by atoms with Crippen LogP contribution in [0.2, 0.25) is 0 Å². The summed E-state index contributed by atoms with van der Waals surface area (Å²) < 4.78 is 10.5. The highest BCUT2D eigenvalue weighted by molar-refractivity contribution is 5.80. The molecule has 0 aromatic rings. The molecule has 2 rings (SSSR count). The second kappa shape index (κ2) is 8.25. The number of hydrogen-bond donors (Lipinski definition) is 2. The molecule has 0 aromatic heterocycles. The molecular formula is C18H34N4O3. The Kier molecular flexibility index (Phi) is 6.54. The topological polar surface area (TPSA) is 75.2 Å². The lowest BCUT2D eigenvalue weighted by Crippen LogP contribution is -2.45. The molecule has 0 aromatic carbocycles. The van der Waals surface area contributed by atoms with Crippen molar-refractivity contribution >= 4 is 12.1 Å². The van der Waals surface area contributed by atoms with Gasteiger partial charge < -0.3 is 25.0 Å². The zero-order chi connectivity index (χ0) is 18.5. The Bertz CT molecular complexity index is 483. The largest absolute Gasteiger partial charge is 0.444 e. The van der Waals surface area contributed by atoms with Crippen molar-refractivity contribution in [3.05, 3.63) is 0 Å². The van der Waals surface area contributed by atoms with E-state index in [-0.39, 0.29) is 12.1 Å². The van der Waals surface area contributed by atoms with Gasteiger partial charge in [0.05, 0.1) is 6.04 Å². The summed E-state index contributed by atoms with van der Waals surface area (Å²) in [4.78, 5) is 18.5. The molecule has 1 aliphatic heterocycles. The van der Waals surface area contributed by atoms with E-state index in [4.69, 9.17) is 9.47 Å². The smallest absolute Gasteiger partial charge is 0.407 e. The highest BCUT2D eigenvalue weighted by atomic mass is 16.6. The molecule has 2 N–H and O–H groups in total. The van der Waals surface area contributed by atoms with Gasteiger partial charge in [-0.3, -0.25) is 4.99 Å². The Morgan fingerprint density at radius 2 is 2.08 bits per heavy atom. The number of nitrogens with one attached hydrogen (secondary N) is 2. The van der Waals surface area contributed by atoms with Crippen LogP contribution in [0, 0.1) is 5.41 Å². The van der Waals surface area contributed by atoms with Crippen molar-refractivity contribution in [1.29, 1.82) is 0 Å². The van der Waals surface area contributed by atoms with Gasteiger partial charge in [0.25, 0.3) is 0 Å². The number of alkyl carbamates (subject to hydrolysis) is 1. The SMILES string of the molecule is CN=C(NCC1(CCOC)CC1)N1CC[C@@H](NC(=O)OC(C)(C)C)C1. The highest BCUT2D eigenvalue weighted by Gasteiger charge is 2.42. The Balaban J connectivity index is 1.76. The molecule has 144 valence electrons. The van der Waals surface area contributed by atoms with Gasteiger partial charge in [-0.25, -0.2) is 4.79 Å². The zero-order valence-corrected chi connectivity index (χ0v) is 16.4. The normalized spacial score (nSPS) is 22.7. The average molecular weight is 354 g/mol. The minimum atomic E-state index is -0.471. The molecule has 0 radical (unpaired) electrons. The summed E-state index contributed by atoms with van der Waals surface area (Å²) in [5.74, 6) is 0.914. The molecule has 1 saturated heterocycles. The Labute approximate surface area is 151 Å². The van der Waals surface area contributed by atoms with Gasteiger partial charge in [-0.15, -0.1) is 0 Å². The summed E-state index contributed by atoms with van der Waals surface area (Å²) in [6.45, 7) is 8.99. The lowest BCUT2D eigenvalue weighted by Gasteiger charge is -2.25. The number of amides is 1. The summed E-state index contributed by atoms with van der Waals surface area (Å²) in [7, 11) is 3.57. The first-order chi connectivity index (χ1) is 11.8. The van der Waals surface area contributed by atoms with E-state index >= 15 is 0 Å². The molecule has 1 atom stereocenters. The molecule has 1 amide bonds. The Morgan fingerprint density at radius 3 is 2.64 bits per heavy atom. The first-order valence-corrected chi connectivity index (χ1v) is 9.21. The van der Waals surface area contributed by atoms with Gasteiger partial charge in [0.15, 0.2) is 5.96 Å². The van der Waals surface area contributed by atoms with Crippen LogP contribution in [0.1, 0.15) is 46.5 Å². The van der Waals surface area contributed by atoms with E-state index in [1.807, 2.05) is 27.8 Å².